The second-order valence-corrected chi connectivity index (χ2v) is 26.1. The number of ether oxygens (including phenoxy) is 4. The standard InChI is InChI=1S/C26H32N4O5S.C20H23N3O4S2.C9H17NO2/c1-2-34-25(31)19-6-8-20(9-7-19)28-26-27-13-10-24(29-26)30-14-11-21-22(30)4-3-5-23(21)35-16-18-12-15-36(32,33)17-18;1-2-11-28(24)20-21-9-6-19(22-20)23-10-7-16-17(23)4-3-5-18(16)27-13-15-8-12-29(25,26)14-15;1-2-12-9(11)7-3-5-8(10)6-4-7/h3-5,10-11,13-14,18-20H,2,6-9,12,15-17H2,1H3,(H,27,28,29);3-7,9-10,15H,2,8,11-14H2,1H3;7-8H,2-6,10H2,1H3. The summed E-state index contributed by atoms with van der Waals surface area (Å²) in [5.74, 6) is 4.87. The van der Waals surface area contributed by atoms with Gasteiger partial charge in [-0.1, -0.05) is 19.1 Å². The summed E-state index contributed by atoms with van der Waals surface area (Å²) in [7, 11) is -7.05. The molecular weight excluding hydrogens is 1040 g/mol. The number of nitrogens with zero attached hydrogens (tertiary/aromatic N) is 6. The third-order valence-electron chi connectivity index (χ3n) is 14.4. The largest absolute Gasteiger partial charge is 0.493 e. The van der Waals surface area contributed by atoms with Gasteiger partial charge < -0.3 is 39.1 Å². The van der Waals surface area contributed by atoms with E-state index in [1.54, 1.807) is 18.5 Å². The molecule has 4 aliphatic rings. The van der Waals surface area contributed by atoms with Crippen molar-refractivity contribution in [1.29, 1.82) is 0 Å². The Balaban J connectivity index is 0.000000171. The molecule has 6 aromatic rings. The SMILES string of the molecule is CCCS(=O)c1nccc(-n2ccc3c(OCC4CCS(=O)(=O)C4)cccc32)n1.CCOC(=O)C1CCC(N)CC1.CCOC(=O)C1CCC(Nc2nccc(-n3ccc4c(OCC5CCS(=O)(=O)C5)cccc43)n2)CC1. The van der Waals surface area contributed by atoms with Crippen LogP contribution in [0.4, 0.5) is 5.95 Å². The molecule has 0 radical (unpaired) electrons. The Kier molecular flexibility index (Phi) is 19.8. The van der Waals surface area contributed by atoms with E-state index in [1.807, 2.05) is 96.9 Å². The number of esters is 2. The zero-order valence-corrected chi connectivity index (χ0v) is 46.6. The van der Waals surface area contributed by atoms with Crippen molar-refractivity contribution in [3.8, 4) is 23.1 Å². The molecule has 4 aromatic heterocycles. The smallest absolute Gasteiger partial charge is 0.308 e. The summed E-state index contributed by atoms with van der Waals surface area (Å²) >= 11 is 0. The summed E-state index contributed by atoms with van der Waals surface area (Å²) in [6.07, 6.45) is 16.4. The van der Waals surface area contributed by atoms with E-state index in [1.165, 1.54) is 0 Å². The molecule has 19 nitrogen and oxygen atoms in total. The summed E-state index contributed by atoms with van der Waals surface area (Å²) in [4.78, 5) is 41.0. The number of nitrogens with one attached hydrogen (secondary N) is 1. The first-order chi connectivity index (χ1) is 37.1. The lowest BCUT2D eigenvalue weighted by Gasteiger charge is -2.27. The number of carbonyl (C=O) groups is 2. The van der Waals surface area contributed by atoms with Gasteiger partial charge >= 0.3 is 11.9 Å². The van der Waals surface area contributed by atoms with Gasteiger partial charge in [0.25, 0.3) is 0 Å². The molecule has 3 unspecified atom stereocenters. The molecule has 3 N–H and O–H groups in total. The molecule has 2 saturated heterocycles. The zero-order valence-electron chi connectivity index (χ0n) is 44.2. The third-order valence-corrected chi connectivity index (χ3v) is 19.5. The van der Waals surface area contributed by atoms with Crippen molar-refractivity contribution in [3.05, 3.63) is 85.5 Å². The van der Waals surface area contributed by atoms with Crippen molar-refractivity contribution in [1.82, 2.24) is 29.1 Å². The van der Waals surface area contributed by atoms with E-state index in [2.05, 4.69) is 20.3 Å². The van der Waals surface area contributed by atoms with Gasteiger partial charge in [-0.05, 0) is 133 Å². The van der Waals surface area contributed by atoms with E-state index < -0.39 is 30.5 Å². The number of hydrogen-bond acceptors (Lipinski definition) is 17. The van der Waals surface area contributed by atoms with E-state index >= 15 is 0 Å². The molecule has 2 aliphatic carbocycles. The molecule has 0 spiro atoms. The maximum Gasteiger partial charge on any atom is 0.308 e. The topological polar surface area (TPSA) is 256 Å². The Morgan fingerprint density at radius 3 is 1.62 bits per heavy atom. The number of fused-ring (bicyclic) bond motifs is 2. The average Bonchev–Trinajstić information content (AvgIpc) is 4.24. The van der Waals surface area contributed by atoms with Crippen LogP contribution in [0.3, 0.4) is 0 Å². The predicted octanol–water partition coefficient (Wildman–Crippen LogP) is 7.59. The normalized spacial score (nSPS) is 22.9. The summed E-state index contributed by atoms with van der Waals surface area (Å²) in [5, 5.41) is 5.63. The van der Waals surface area contributed by atoms with Crippen molar-refractivity contribution in [3.63, 3.8) is 0 Å². The Labute approximate surface area is 453 Å². The summed E-state index contributed by atoms with van der Waals surface area (Å²) in [5.41, 5.74) is 7.58. The van der Waals surface area contributed by atoms with E-state index in [0.717, 1.165) is 96.9 Å². The first kappa shape index (κ1) is 57.2. The first-order valence-electron chi connectivity index (χ1n) is 26.9. The predicted molar refractivity (Wildman–Crippen MR) is 296 cm³/mol. The van der Waals surface area contributed by atoms with Crippen LogP contribution in [0.15, 0.2) is 90.6 Å². The van der Waals surface area contributed by atoms with Crippen molar-refractivity contribution < 1.29 is 49.6 Å². The molecule has 3 atom stereocenters. The van der Waals surface area contributed by atoms with Gasteiger partial charge in [-0.15, -0.1) is 0 Å². The van der Waals surface area contributed by atoms with Gasteiger partial charge in [-0.25, -0.2) is 31.8 Å². The number of hydrogen-bond donors (Lipinski definition) is 2. The van der Waals surface area contributed by atoms with Gasteiger partial charge in [-0.2, -0.15) is 4.98 Å². The summed E-state index contributed by atoms with van der Waals surface area (Å²) in [6.45, 7) is 7.34. The number of benzene rings is 2. The summed E-state index contributed by atoms with van der Waals surface area (Å²) < 4.78 is 85.1. The Morgan fingerprint density at radius 2 is 1.14 bits per heavy atom. The number of anilines is 1. The number of nitrogens with two attached hydrogens (primary N) is 1. The van der Waals surface area contributed by atoms with Crippen molar-refractivity contribution >= 4 is 70.2 Å². The third kappa shape index (κ3) is 15.4. The first-order valence-corrected chi connectivity index (χ1v) is 31.9. The quantitative estimate of drug-likeness (QED) is 0.0659. The second-order valence-electron chi connectivity index (χ2n) is 20.2. The highest BCUT2D eigenvalue weighted by Crippen LogP contribution is 2.33. The van der Waals surface area contributed by atoms with Crippen LogP contribution in [-0.2, 0) is 49.5 Å². The van der Waals surface area contributed by atoms with Crippen molar-refractivity contribution in [2.24, 2.45) is 29.4 Å². The van der Waals surface area contributed by atoms with Gasteiger partial charge in [0.05, 0.1) is 83.1 Å². The monoisotopic (exact) mass is 1120 g/mol. The molecule has 2 saturated carbocycles. The molecule has 0 amide bonds. The fourth-order valence-electron chi connectivity index (χ4n) is 10.3. The molecule has 416 valence electrons. The van der Waals surface area contributed by atoms with E-state index in [-0.39, 0.29) is 64.7 Å². The molecule has 22 heteroatoms. The van der Waals surface area contributed by atoms with E-state index in [4.69, 9.17) is 29.7 Å². The van der Waals surface area contributed by atoms with Gasteiger partial charge in [0.15, 0.2) is 19.7 Å². The maximum absolute atomic E-state index is 12.3. The molecule has 10 rings (SSSR count). The molecular formula is C55H72N8O11S3. The minimum atomic E-state index is -2.92. The van der Waals surface area contributed by atoms with Crippen LogP contribution in [0.2, 0.25) is 0 Å². The Bertz CT molecular complexity index is 3210. The lowest BCUT2D eigenvalue weighted by Crippen LogP contribution is -2.30. The zero-order chi connectivity index (χ0) is 54.5. The van der Waals surface area contributed by atoms with E-state index in [9.17, 15) is 30.6 Å². The van der Waals surface area contributed by atoms with Gasteiger partial charge in [-0.3, -0.25) is 13.8 Å². The Hall–Kier alpha value is -5.97. The fourth-order valence-corrected chi connectivity index (χ4v) is 14.9. The molecule has 2 aliphatic heterocycles. The Morgan fingerprint density at radius 1 is 0.649 bits per heavy atom. The maximum atomic E-state index is 12.3. The molecule has 77 heavy (non-hydrogen) atoms. The summed E-state index contributed by atoms with van der Waals surface area (Å²) in [6, 6.07) is 19.7. The lowest BCUT2D eigenvalue weighted by atomic mass is 9.86. The van der Waals surface area contributed by atoms with E-state index in [0.29, 0.717) is 68.0 Å². The highest BCUT2D eigenvalue weighted by atomic mass is 32.2. The number of rotatable bonds is 17. The van der Waals surface area contributed by atoms with Crippen LogP contribution in [0.25, 0.3) is 33.4 Å². The van der Waals surface area contributed by atoms with Gasteiger partial charge in [0.1, 0.15) is 23.1 Å². The minimum Gasteiger partial charge on any atom is -0.493 e. The molecule has 0 bridgehead atoms. The second kappa shape index (κ2) is 26.6. The van der Waals surface area contributed by atoms with Crippen LogP contribution < -0.4 is 20.5 Å². The molecule has 6 heterocycles. The van der Waals surface area contributed by atoms with Crippen LogP contribution in [0, 0.1) is 23.7 Å². The minimum absolute atomic E-state index is 0.0176. The van der Waals surface area contributed by atoms with Crippen LogP contribution in [0.5, 0.6) is 11.5 Å². The number of carbonyl (C=O) groups excluding carboxylic acids is 2. The number of sulfone groups is 2. The van der Waals surface area contributed by atoms with Crippen LogP contribution >= 0.6 is 0 Å². The van der Waals surface area contributed by atoms with Gasteiger partial charge in [0.2, 0.25) is 11.1 Å². The van der Waals surface area contributed by atoms with Crippen molar-refractivity contribution in [2.75, 3.05) is 60.5 Å². The number of aromatic nitrogens is 6. The highest BCUT2D eigenvalue weighted by molar-refractivity contribution is 7.91. The van der Waals surface area contributed by atoms with Crippen molar-refractivity contribution in [2.45, 2.75) is 109 Å². The fraction of sp³-hybridized carbons (Fsp3) is 0.527. The van der Waals surface area contributed by atoms with Gasteiger partial charge in [0, 0.05) is 65.2 Å². The van der Waals surface area contributed by atoms with Crippen LogP contribution in [0.1, 0.15) is 91.4 Å². The lowest BCUT2D eigenvalue weighted by molar-refractivity contribution is -0.150. The van der Waals surface area contributed by atoms with Crippen LogP contribution in [-0.4, -0.2) is 129 Å². The molecule has 4 fully saturated rings. The highest BCUT2D eigenvalue weighted by Gasteiger charge is 2.31. The molecule has 2 aromatic carbocycles. The average molecular weight is 1120 g/mol.